The first-order valence-electron chi connectivity index (χ1n) is 7.09. The minimum atomic E-state index is 0.758. The number of rotatable bonds is 2. The molecule has 2 fully saturated rings. The highest BCUT2D eigenvalue weighted by molar-refractivity contribution is 5.61. The lowest BCUT2D eigenvalue weighted by molar-refractivity contribution is 0.260. The smallest absolute Gasteiger partial charge is 0.0417 e. The molecule has 3 nitrogen and oxygen atoms in total. The summed E-state index contributed by atoms with van der Waals surface area (Å²) in [6, 6.07) is 7.01. The molecule has 1 aromatic rings. The molecule has 2 N–H and O–H groups in total. The predicted molar refractivity (Wildman–Crippen MR) is 77.0 cm³/mol. The van der Waals surface area contributed by atoms with E-state index in [0.717, 1.165) is 11.7 Å². The fraction of sp³-hybridized carbons (Fsp3) is 0.600. The molecule has 1 unspecified atom stereocenters. The molecule has 1 atom stereocenters. The molecule has 0 saturated carbocycles. The summed E-state index contributed by atoms with van der Waals surface area (Å²) in [5.74, 6) is 0. The molecule has 0 aromatic heterocycles. The van der Waals surface area contributed by atoms with Crippen molar-refractivity contribution in [2.75, 3.05) is 36.8 Å². The molecule has 3 heteroatoms. The molecular formula is C15H23N3. The summed E-state index contributed by atoms with van der Waals surface area (Å²) in [5.41, 5.74) is 9.46. The van der Waals surface area contributed by atoms with Crippen molar-refractivity contribution >= 4 is 11.4 Å². The Hall–Kier alpha value is -1.22. The third-order valence-electron chi connectivity index (χ3n) is 4.39. The Morgan fingerprint density at radius 3 is 2.72 bits per heavy atom. The van der Waals surface area contributed by atoms with Crippen LogP contribution in [0.3, 0.4) is 0 Å². The third kappa shape index (κ3) is 2.19. The van der Waals surface area contributed by atoms with Gasteiger partial charge < -0.3 is 10.6 Å². The number of nitrogen functional groups attached to an aromatic ring is 1. The largest absolute Gasteiger partial charge is 0.399 e. The number of nitrogens with zero attached hydrogens (tertiary/aromatic N) is 2. The van der Waals surface area contributed by atoms with E-state index in [0.29, 0.717) is 0 Å². The highest BCUT2D eigenvalue weighted by atomic mass is 15.3. The Bertz CT molecular complexity index is 424. The Balaban J connectivity index is 1.72. The van der Waals surface area contributed by atoms with Gasteiger partial charge in [0.05, 0.1) is 0 Å². The van der Waals surface area contributed by atoms with E-state index in [1.165, 1.54) is 56.7 Å². The molecule has 1 aromatic carbocycles. The minimum Gasteiger partial charge on any atom is -0.399 e. The Morgan fingerprint density at radius 1 is 1.17 bits per heavy atom. The summed E-state index contributed by atoms with van der Waals surface area (Å²) in [6.07, 6.45) is 4.07. The Morgan fingerprint density at radius 2 is 1.94 bits per heavy atom. The summed E-state index contributed by atoms with van der Waals surface area (Å²) in [7, 11) is 0. The van der Waals surface area contributed by atoms with Crippen molar-refractivity contribution in [1.29, 1.82) is 0 Å². The lowest BCUT2D eigenvalue weighted by Crippen LogP contribution is -2.35. The maximum Gasteiger partial charge on any atom is 0.0417 e. The van der Waals surface area contributed by atoms with E-state index in [9.17, 15) is 0 Å². The molecule has 2 aliphatic heterocycles. The molecule has 0 aliphatic carbocycles. The molecule has 3 rings (SSSR count). The number of anilines is 2. The summed E-state index contributed by atoms with van der Waals surface area (Å²) in [5, 5.41) is 0. The molecule has 98 valence electrons. The molecule has 2 heterocycles. The predicted octanol–water partition coefficient (Wildman–Crippen LogP) is 2.25. The van der Waals surface area contributed by atoms with Crippen molar-refractivity contribution in [2.24, 2.45) is 0 Å². The molecule has 0 radical (unpaired) electrons. The lowest BCUT2D eigenvalue weighted by Gasteiger charge is -2.25. The highest BCUT2D eigenvalue weighted by Gasteiger charge is 2.29. The lowest BCUT2D eigenvalue weighted by atomic mass is 10.1. The van der Waals surface area contributed by atoms with Gasteiger partial charge in [0.15, 0.2) is 0 Å². The highest BCUT2D eigenvalue weighted by Crippen LogP contribution is 2.29. The SMILES string of the molecule is Cc1ccc(N)cc1N1CCC(N2CCCC2)C1. The van der Waals surface area contributed by atoms with E-state index >= 15 is 0 Å². The van der Waals surface area contributed by atoms with Gasteiger partial charge in [-0.2, -0.15) is 0 Å². The van der Waals surface area contributed by atoms with Crippen LogP contribution in [0.25, 0.3) is 0 Å². The van der Waals surface area contributed by atoms with Crippen LogP contribution in [0.1, 0.15) is 24.8 Å². The third-order valence-corrected chi connectivity index (χ3v) is 4.39. The van der Waals surface area contributed by atoms with Crippen LogP contribution in [-0.4, -0.2) is 37.1 Å². The zero-order valence-corrected chi connectivity index (χ0v) is 11.2. The Kier molecular flexibility index (Phi) is 3.16. The van der Waals surface area contributed by atoms with Gasteiger partial charge in [-0.1, -0.05) is 6.07 Å². The van der Waals surface area contributed by atoms with Crippen molar-refractivity contribution in [2.45, 2.75) is 32.2 Å². The summed E-state index contributed by atoms with van der Waals surface area (Å²) in [6.45, 7) is 7.12. The van der Waals surface area contributed by atoms with Crippen molar-refractivity contribution < 1.29 is 0 Å². The number of nitrogens with two attached hydrogens (primary N) is 1. The van der Waals surface area contributed by atoms with Crippen LogP contribution >= 0.6 is 0 Å². The van der Waals surface area contributed by atoms with Crippen LogP contribution in [0.2, 0.25) is 0 Å². The fourth-order valence-corrected chi connectivity index (χ4v) is 3.33. The number of benzene rings is 1. The summed E-state index contributed by atoms with van der Waals surface area (Å²) >= 11 is 0. The number of likely N-dealkylation sites (tertiary alicyclic amines) is 1. The van der Waals surface area contributed by atoms with Crippen molar-refractivity contribution in [3.8, 4) is 0 Å². The molecule has 2 saturated heterocycles. The average Bonchev–Trinajstić information content (AvgIpc) is 3.00. The zero-order valence-electron chi connectivity index (χ0n) is 11.2. The topological polar surface area (TPSA) is 32.5 Å². The second-order valence-electron chi connectivity index (χ2n) is 5.68. The monoisotopic (exact) mass is 245 g/mol. The summed E-state index contributed by atoms with van der Waals surface area (Å²) in [4.78, 5) is 5.18. The molecule has 0 spiro atoms. The first kappa shape index (κ1) is 11.8. The molecule has 0 amide bonds. The van der Waals surface area contributed by atoms with Crippen LogP contribution < -0.4 is 10.6 Å². The van der Waals surface area contributed by atoms with E-state index in [1.807, 2.05) is 6.07 Å². The normalized spacial score (nSPS) is 24.9. The van der Waals surface area contributed by atoms with E-state index in [4.69, 9.17) is 5.73 Å². The minimum absolute atomic E-state index is 0.758. The quantitative estimate of drug-likeness (QED) is 0.811. The van der Waals surface area contributed by atoms with Crippen molar-refractivity contribution in [3.05, 3.63) is 23.8 Å². The standard InChI is InChI=1S/C15H23N3/c1-12-4-5-13(16)10-15(12)18-9-6-14(11-18)17-7-2-3-8-17/h4-5,10,14H,2-3,6-9,11,16H2,1H3. The van der Waals surface area contributed by atoms with Crippen LogP contribution in [-0.2, 0) is 0 Å². The van der Waals surface area contributed by atoms with E-state index < -0.39 is 0 Å². The van der Waals surface area contributed by atoms with Crippen LogP contribution in [0.5, 0.6) is 0 Å². The van der Waals surface area contributed by atoms with Gasteiger partial charge in [-0.25, -0.2) is 0 Å². The average molecular weight is 245 g/mol. The number of hydrogen-bond acceptors (Lipinski definition) is 3. The maximum atomic E-state index is 5.91. The fourth-order valence-electron chi connectivity index (χ4n) is 3.33. The first-order valence-corrected chi connectivity index (χ1v) is 7.09. The van der Waals surface area contributed by atoms with Crippen molar-refractivity contribution in [1.82, 2.24) is 4.90 Å². The Labute approximate surface area is 110 Å². The molecular weight excluding hydrogens is 222 g/mol. The zero-order chi connectivity index (χ0) is 12.5. The number of aryl methyl sites for hydroxylation is 1. The van der Waals surface area contributed by atoms with Gasteiger partial charge in [0.1, 0.15) is 0 Å². The van der Waals surface area contributed by atoms with Gasteiger partial charge in [-0.15, -0.1) is 0 Å². The molecule has 18 heavy (non-hydrogen) atoms. The van der Waals surface area contributed by atoms with Gasteiger partial charge in [0, 0.05) is 30.5 Å². The molecule has 2 aliphatic rings. The van der Waals surface area contributed by atoms with Gasteiger partial charge >= 0.3 is 0 Å². The second kappa shape index (κ2) is 4.81. The number of hydrogen-bond donors (Lipinski definition) is 1. The van der Waals surface area contributed by atoms with Crippen molar-refractivity contribution in [3.63, 3.8) is 0 Å². The first-order chi connectivity index (χ1) is 8.74. The maximum absolute atomic E-state index is 5.91. The van der Waals surface area contributed by atoms with E-state index in [-0.39, 0.29) is 0 Å². The van der Waals surface area contributed by atoms with Crippen LogP contribution in [0, 0.1) is 6.92 Å². The van der Waals surface area contributed by atoms with Crippen LogP contribution in [0.4, 0.5) is 11.4 Å². The van der Waals surface area contributed by atoms with E-state index in [1.54, 1.807) is 0 Å². The van der Waals surface area contributed by atoms with Gasteiger partial charge in [-0.3, -0.25) is 4.90 Å². The van der Waals surface area contributed by atoms with Gasteiger partial charge in [-0.05, 0) is 57.0 Å². The molecule has 0 bridgehead atoms. The van der Waals surface area contributed by atoms with Gasteiger partial charge in [0.25, 0.3) is 0 Å². The second-order valence-corrected chi connectivity index (χ2v) is 5.68. The summed E-state index contributed by atoms with van der Waals surface area (Å²) < 4.78 is 0. The van der Waals surface area contributed by atoms with Crippen LogP contribution in [0.15, 0.2) is 18.2 Å². The van der Waals surface area contributed by atoms with Gasteiger partial charge in [0.2, 0.25) is 0 Å². The van der Waals surface area contributed by atoms with E-state index in [2.05, 4.69) is 28.9 Å².